The monoisotopic (exact) mass is 280 g/mol. The van der Waals surface area contributed by atoms with Crippen molar-refractivity contribution >= 4 is 11.3 Å². The van der Waals surface area contributed by atoms with Crippen LogP contribution in [0, 0.1) is 11.3 Å². The predicted molar refractivity (Wildman–Crippen MR) is 84.5 cm³/mol. The molecule has 0 saturated carbocycles. The summed E-state index contributed by atoms with van der Waals surface area (Å²) in [5, 5.41) is 4.41. The highest BCUT2D eigenvalue weighted by molar-refractivity contribution is 7.07. The lowest BCUT2D eigenvalue weighted by Gasteiger charge is -2.31. The summed E-state index contributed by atoms with van der Waals surface area (Å²) in [5.41, 5.74) is 7.87. The lowest BCUT2D eigenvalue weighted by Crippen LogP contribution is -2.34. The molecule has 1 fully saturated rings. The molecule has 2 unspecified atom stereocenters. The van der Waals surface area contributed by atoms with Crippen LogP contribution < -0.4 is 5.73 Å². The Morgan fingerprint density at radius 2 is 2.16 bits per heavy atom. The lowest BCUT2D eigenvalue weighted by molar-refractivity contribution is 0.185. The van der Waals surface area contributed by atoms with E-state index in [1.807, 2.05) is 0 Å². The van der Waals surface area contributed by atoms with Gasteiger partial charge >= 0.3 is 0 Å². The number of thiophene rings is 1. The van der Waals surface area contributed by atoms with Gasteiger partial charge in [-0.1, -0.05) is 20.8 Å². The molecule has 1 aliphatic heterocycles. The number of nitrogens with zero attached hydrogens (tertiary/aromatic N) is 1. The first-order valence-electron chi connectivity index (χ1n) is 7.48. The maximum Gasteiger partial charge on any atom is 0.0478 e. The second-order valence-electron chi connectivity index (χ2n) is 6.84. The summed E-state index contributed by atoms with van der Waals surface area (Å²) in [6, 6.07) is 2.65. The predicted octanol–water partition coefficient (Wildman–Crippen LogP) is 3.90. The van der Waals surface area contributed by atoms with Crippen LogP contribution in [0.15, 0.2) is 16.8 Å². The van der Waals surface area contributed by atoms with Crippen molar-refractivity contribution in [2.45, 2.75) is 46.1 Å². The zero-order valence-corrected chi connectivity index (χ0v) is 13.4. The Labute approximate surface area is 122 Å². The third-order valence-electron chi connectivity index (χ3n) is 4.58. The first-order valence-corrected chi connectivity index (χ1v) is 8.43. The quantitative estimate of drug-likeness (QED) is 0.910. The van der Waals surface area contributed by atoms with Gasteiger partial charge in [-0.3, -0.25) is 4.90 Å². The molecule has 2 rings (SSSR count). The summed E-state index contributed by atoms with van der Waals surface area (Å²) >= 11 is 1.78. The van der Waals surface area contributed by atoms with Crippen LogP contribution in [-0.2, 0) is 0 Å². The second-order valence-corrected chi connectivity index (χ2v) is 7.62. The molecule has 2 heterocycles. The summed E-state index contributed by atoms with van der Waals surface area (Å²) in [7, 11) is 0. The summed E-state index contributed by atoms with van der Waals surface area (Å²) in [6.07, 6.45) is 3.98. The molecule has 0 aliphatic carbocycles. The van der Waals surface area contributed by atoms with E-state index < -0.39 is 0 Å². The van der Waals surface area contributed by atoms with Crippen molar-refractivity contribution in [2.75, 3.05) is 19.6 Å². The maximum absolute atomic E-state index is 6.03. The van der Waals surface area contributed by atoms with E-state index in [4.69, 9.17) is 5.73 Å². The standard InChI is InChI=1S/C16H28N2S/c1-16(2,3)14-5-4-8-18(9-6-14)15(11-17)13-7-10-19-12-13/h7,10,12,14-15H,4-6,8-9,11,17H2,1-3H3. The molecule has 1 aliphatic rings. The van der Waals surface area contributed by atoms with Crippen LogP contribution in [0.5, 0.6) is 0 Å². The fourth-order valence-electron chi connectivity index (χ4n) is 3.26. The molecule has 3 heteroatoms. The Hall–Kier alpha value is -0.380. The molecule has 1 saturated heterocycles. The van der Waals surface area contributed by atoms with Gasteiger partial charge in [-0.05, 0) is 66.1 Å². The second kappa shape index (κ2) is 6.38. The van der Waals surface area contributed by atoms with Gasteiger partial charge in [0.1, 0.15) is 0 Å². The normalized spacial score (nSPS) is 24.1. The van der Waals surface area contributed by atoms with Crippen LogP contribution in [0.3, 0.4) is 0 Å². The van der Waals surface area contributed by atoms with Crippen molar-refractivity contribution in [3.05, 3.63) is 22.4 Å². The first kappa shape index (κ1) is 15.0. The summed E-state index contributed by atoms with van der Waals surface area (Å²) in [4.78, 5) is 2.60. The number of likely N-dealkylation sites (tertiary alicyclic amines) is 1. The van der Waals surface area contributed by atoms with Gasteiger partial charge in [0.2, 0.25) is 0 Å². The largest absolute Gasteiger partial charge is 0.329 e. The minimum absolute atomic E-state index is 0.421. The van der Waals surface area contributed by atoms with Crippen molar-refractivity contribution in [1.82, 2.24) is 4.90 Å². The van der Waals surface area contributed by atoms with Gasteiger partial charge in [-0.15, -0.1) is 0 Å². The molecule has 0 bridgehead atoms. The van der Waals surface area contributed by atoms with E-state index in [1.54, 1.807) is 11.3 Å². The van der Waals surface area contributed by atoms with E-state index in [9.17, 15) is 0 Å². The van der Waals surface area contributed by atoms with Crippen molar-refractivity contribution in [1.29, 1.82) is 0 Å². The maximum atomic E-state index is 6.03. The molecule has 2 N–H and O–H groups in total. The fraction of sp³-hybridized carbons (Fsp3) is 0.750. The highest BCUT2D eigenvalue weighted by atomic mass is 32.1. The van der Waals surface area contributed by atoms with E-state index in [-0.39, 0.29) is 0 Å². The number of rotatable bonds is 3. The molecule has 0 radical (unpaired) electrons. The topological polar surface area (TPSA) is 29.3 Å². The minimum Gasteiger partial charge on any atom is -0.329 e. The zero-order valence-electron chi connectivity index (χ0n) is 12.6. The molecule has 19 heavy (non-hydrogen) atoms. The highest BCUT2D eigenvalue weighted by Crippen LogP contribution is 2.36. The molecule has 108 valence electrons. The van der Waals surface area contributed by atoms with Crippen LogP contribution in [0.4, 0.5) is 0 Å². The van der Waals surface area contributed by atoms with E-state index in [0.717, 1.165) is 12.5 Å². The number of hydrogen-bond donors (Lipinski definition) is 1. The lowest BCUT2D eigenvalue weighted by atomic mass is 9.77. The van der Waals surface area contributed by atoms with Crippen LogP contribution in [-0.4, -0.2) is 24.5 Å². The third kappa shape index (κ3) is 3.80. The summed E-state index contributed by atoms with van der Waals surface area (Å²) in [5.74, 6) is 0.846. The average molecular weight is 280 g/mol. The van der Waals surface area contributed by atoms with Crippen LogP contribution in [0.25, 0.3) is 0 Å². The van der Waals surface area contributed by atoms with Gasteiger partial charge < -0.3 is 5.73 Å². The highest BCUT2D eigenvalue weighted by Gasteiger charge is 2.29. The molecule has 0 amide bonds. The van der Waals surface area contributed by atoms with Gasteiger partial charge in [0.25, 0.3) is 0 Å². The Bertz CT molecular complexity index is 367. The van der Waals surface area contributed by atoms with Gasteiger partial charge in [0.15, 0.2) is 0 Å². The molecule has 1 aromatic rings. The van der Waals surface area contributed by atoms with Crippen molar-refractivity contribution in [3.8, 4) is 0 Å². The Morgan fingerprint density at radius 3 is 2.74 bits per heavy atom. The van der Waals surface area contributed by atoms with E-state index in [2.05, 4.69) is 42.5 Å². The van der Waals surface area contributed by atoms with Crippen LogP contribution >= 0.6 is 11.3 Å². The van der Waals surface area contributed by atoms with Crippen molar-refractivity contribution in [2.24, 2.45) is 17.1 Å². The van der Waals surface area contributed by atoms with Crippen molar-refractivity contribution in [3.63, 3.8) is 0 Å². The van der Waals surface area contributed by atoms with Gasteiger partial charge in [0, 0.05) is 12.6 Å². The Morgan fingerprint density at radius 1 is 1.37 bits per heavy atom. The first-order chi connectivity index (χ1) is 9.02. The van der Waals surface area contributed by atoms with Gasteiger partial charge in [-0.25, -0.2) is 0 Å². The average Bonchev–Trinajstić information content (AvgIpc) is 2.73. The molecule has 1 aromatic heterocycles. The Balaban J connectivity index is 2.02. The SMILES string of the molecule is CC(C)(C)C1CCCN(C(CN)c2ccsc2)CC1. The minimum atomic E-state index is 0.421. The fourth-order valence-corrected chi connectivity index (χ4v) is 3.96. The van der Waals surface area contributed by atoms with Crippen LogP contribution in [0.2, 0.25) is 0 Å². The molecule has 2 atom stereocenters. The summed E-state index contributed by atoms with van der Waals surface area (Å²) < 4.78 is 0. The molecule has 0 aromatic carbocycles. The molecule has 0 spiro atoms. The third-order valence-corrected chi connectivity index (χ3v) is 5.28. The summed E-state index contributed by atoms with van der Waals surface area (Å²) in [6.45, 7) is 10.3. The smallest absolute Gasteiger partial charge is 0.0478 e. The molecular weight excluding hydrogens is 252 g/mol. The van der Waals surface area contributed by atoms with Crippen molar-refractivity contribution < 1.29 is 0 Å². The van der Waals surface area contributed by atoms with Gasteiger partial charge in [-0.2, -0.15) is 11.3 Å². The zero-order chi connectivity index (χ0) is 13.9. The van der Waals surface area contributed by atoms with E-state index in [0.29, 0.717) is 11.5 Å². The van der Waals surface area contributed by atoms with E-state index >= 15 is 0 Å². The Kier molecular flexibility index (Phi) is 5.04. The van der Waals surface area contributed by atoms with E-state index in [1.165, 1.54) is 37.9 Å². The molecule has 2 nitrogen and oxygen atoms in total. The van der Waals surface area contributed by atoms with Crippen LogP contribution in [0.1, 0.15) is 51.6 Å². The van der Waals surface area contributed by atoms with Gasteiger partial charge in [0.05, 0.1) is 0 Å². The number of hydrogen-bond acceptors (Lipinski definition) is 3. The number of nitrogens with two attached hydrogens (primary N) is 1. The molecular formula is C16H28N2S.